The number of nitrogens with two attached hydrogens (primary N) is 1. The van der Waals surface area contributed by atoms with E-state index in [0.717, 1.165) is 30.3 Å². The van der Waals surface area contributed by atoms with Gasteiger partial charge in [-0.05, 0) is 26.9 Å². The van der Waals surface area contributed by atoms with Crippen molar-refractivity contribution < 1.29 is 0 Å². The van der Waals surface area contributed by atoms with Gasteiger partial charge in [0.15, 0.2) is 0 Å². The average Bonchev–Trinajstić information content (AvgIpc) is 2.67. The van der Waals surface area contributed by atoms with E-state index in [0.29, 0.717) is 6.04 Å². The van der Waals surface area contributed by atoms with Gasteiger partial charge in [0, 0.05) is 19.6 Å². The summed E-state index contributed by atoms with van der Waals surface area (Å²) in [4.78, 5) is 2.32. The number of likely N-dealkylation sites (tertiary alicyclic amines) is 1. The number of aromatic nitrogens is 2. The van der Waals surface area contributed by atoms with Gasteiger partial charge in [-0.15, -0.1) is 0 Å². The quantitative estimate of drug-likeness (QED) is 0.741. The highest BCUT2D eigenvalue weighted by atomic mass is 15.3. The van der Waals surface area contributed by atoms with Crippen molar-refractivity contribution in [3.05, 3.63) is 5.69 Å². The second-order valence-electron chi connectivity index (χ2n) is 4.36. The zero-order valence-electron chi connectivity index (χ0n) is 9.62. The molecule has 0 aliphatic carbocycles. The lowest BCUT2D eigenvalue weighted by Crippen LogP contribution is -2.25. The fraction of sp³-hybridized carbons (Fsp3) is 0.700. The molecule has 1 saturated heterocycles. The molecule has 0 aromatic carbocycles. The van der Waals surface area contributed by atoms with Crippen molar-refractivity contribution in [3.8, 4) is 0 Å². The predicted molar refractivity (Wildman–Crippen MR) is 61.9 cm³/mol. The summed E-state index contributed by atoms with van der Waals surface area (Å²) in [7, 11) is 4.06. The number of hydrogen-bond acceptors (Lipinski definition) is 4. The van der Waals surface area contributed by atoms with Crippen LogP contribution in [0.15, 0.2) is 0 Å². The third kappa shape index (κ3) is 1.92. The van der Waals surface area contributed by atoms with E-state index >= 15 is 0 Å². The van der Waals surface area contributed by atoms with E-state index in [-0.39, 0.29) is 0 Å². The molecule has 0 bridgehead atoms. The molecule has 0 amide bonds. The van der Waals surface area contributed by atoms with Gasteiger partial charge in [-0.3, -0.25) is 4.68 Å². The molecule has 84 valence electrons. The number of rotatable bonds is 2. The van der Waals surface area contributed by atoms with E-state index in [1.54, 1.807) is 0 Å². The van der Waals surface area contributed by atoms with Crippen LogP contribution in [0, 0.1) is 6.92 Å². The first kappa shape index (κ1) is 10.3. The molecule has 1 aromatic heterocycles. The Kier molecular flexibility index (Phi) is 2.56. The third-order valence-corrected chi connectivity index (χ3v) is 3.00. The molecule has 15 heavy (non-hydrogen) atoms. The first-order valence-electron chi connectivity index (χ1n) is 5.32. The zero-order valence-corrected chi connectivity index (χ0v) is 9.62. The minimum atomic E-state index is 0.493. The normalized spacial score (nSPS) is 22.2. The molecule has 2 heterocycles. The Hall–Kier alpha value is -1.23. The molecule has 2 rings (SSSR count). The predicted octanol–water partition coefficient (Wildman–Crippen LogP) is 0.427. The molecule has 5 nitrogen and oxygen atoms in total. The summed E-state index contributed by atoms with van der Waals surface area (Å²) >= 11 is 0. The highest BCUT2D eigenvalue weighted by Crippen LogP contribution is 2.23. The van der Waals surface area contributed by atoms with Gasteiger partial charge in [0.1, 0.15) is 5.82 Å². The van der Waals surface area contributed by atoms with Crippen molar-refractivity contribution in [2.24, 2.45) is 7.05 Å². The van der Waals surface area contributed by atoms with Crippen molar-refractivity contribution in [1.29, 1.82) is 0 Å². The Morgan fingerprint density at radius 2 is 2.20 bits per heavy atom. The molecule has 1 aliphatic rings. The molecule has 0 radical (unpaired) electrons. The Balaban J connectivity index is 2.10. The maximum absolute atomic E-state index is 5.96. The fourth-order valence-electron chi connectivity index (χ4n) is 2.09. The highest BCUT2D eigenvalue weighted by Gasteiger charge is 2.21. The summed E-state index contributed by atoms with van der Waals surface area (Å²) in [6, 6.07) is 0.493. The van der Waals surface area contributed by atoms with E-state index in [1.165, 1.54) is 6.42 Å². The van der Waals surface area contributed by atoms with Crippen molar-refractivity contribution in [3.63, 3.8) is 0 Å². The van der Waals surface area contributed by atoms with Crippen LogP contribution >= 0.6 is 0 Å². The SMILES string of the molecule is Cc1nn(C)c(NC2CCN(C)C2)c1N. The van der Waals surface area contributed by atoms with Crippen molar-refractivity contribution >= 4 is 11.5 Å². The summed E-state index contributed by atoms with van der Waals surface area (Å²) in [6.45, 7) is 4.15. The monoisotopic (exact) mass is 209 g/mol. The van der Waals surface area contributed by atoms with E-state index in [9.17, 15) is 0 Å². The zero-order chi connectivity index (χ0) is 11.0. The van der Waals surface area contributed by atoms with Crippen LogP contribution in [0.3, 0.4) is 0 Å². The minimum Gasteiger partial charge on any atom is -0.394 e. The van der Waals surface area contributed by atoms with Crippen LogP contribution in [-0.4, -0.2) is 40.9 Å². The second kappa shape index (κ2) is 3.73. The van der Waals surface area contributed by atoms with Crippen LogP contribution in [-0.2, 0) is 7.05 Å². The lowest BCUT2D eigenvalue weighted by atomic mass is 10.2. The smallest absolute Gasteiger partial charge is 0.148 e. The van der Waals surface area contributed by atoms with Crippen molar-refractivity contribution in [1.82, 2.24) is 14.7 Å². The molecule has 1 aliphatic heterocycles. The fourth-order valence-corrected chi connectivity index (χ4v) is 2.09. The Labute approximate surface area is 90.2 Å². The largest absolute Gasteiger partial charge is 0.394 e. The first-order chi connectivity index (χ1) is 7.08. The molecule has 0 spiro atoms. The van der Waals surface area contributed by atoms with Crippen LogP contribution in [0.1, 0.15) is 12.1 Å². The molecule has 1 aromatic rings. The Morgan fingerprint density at radius 3 is 2.67 bits per heavy atom. The summed E-state index contributed by atoms with van der Waals surface area (Å²) in [6.07, 6.45) is 1.17. The van der Waals surface area contributed by atoms with Gasteiger partial charge in [-0.1, -0.05) is 0 Å². The van der Waals surface area contributed by atoms with Gasteiger partial charge in [0.05, 0.1) is 11.4 Å². The van der Waals surface area contributed by atoms with E-state index in [4.69, 9.17) is 5.73 Å². The molecule has 1 atom stereocenters. The maximum Gasteiger partial charge on any atom is 0.148 e. The molecular formula is C10H19N5. The molecule has 1 unspecified atom stereocenters. The Morgan fingerprint density at radius 1 is 1.47 bits per heavy atom. The van der Waals surface area contributed by atoms with E-state index in [1.807, 2.05) is 18.7 Å². The summed E-state index contributed by atoms with van der Waals surface area (Å²) < 4.78 is 1.82. The first-order valence-corrected chi connectivity index (χ1v) is 5.32. The van der Waals surface area contributed by atoms with Crippen molar-refractivity contribution in [2.75, 3.05) is 31.2 Å². The van der Waals surface area contributed by atoms with Crippen LogP contribution in [0.5, 0.6) is 0 Å². The van der Waals surface area contributed by atoms with Crippen molar-refractivity contribution in [2.45, 2.75) is 19.4 Å². The molecule has 0 saturated carbocycles. The molecule has 1 fully saturated rings. The van der Waals surface area contributed by atoms with Gasteiger partial charge >= 0.3 is 0 Å². The van der Waals surface area contributed by atoms with Gasteiger partial charge in [-0.25, -0.2) is 0 Å². The van der Waals surface area contributed by atoms with Gasteiger partial charge in [0.25, 0.3) is 0 Å². The van der Waals surface area contributed by atoms with E-state index in [2.05, 4.69) is 22.4 Å². The van der Waals surface area contributed by atoms with Crippen LogP contribution in [0.25, 0.3) is 0 Å². The standard InChI is InChI=1S/C10H19N5/c1-7-9(11)10(15(3)13-7)12-8-4-5-14(2)6-8/h8,12H,4-6,11H2,1-3H3. The number of anilines is 2. The molecule has 3 N–H and O–H groups in total. The van der Waals surface area contributed by atoms with Gasteiger partial charge in [0.2, 0.25) is 0 Å². The number of aryl methyl sites for hydroxylation is 2. The van der Waals surface area contributed by atoms with Crippen LogP contribution in [0.2, 0.25) is 0 Å². The lowest BCUT2D eigenvalue weighted by molar-refractivity contribution is 0.414. The van der Waals surface area contributed by atoms with Gasteiger partial charge in [-0.2, -0.15) is 5.10 Å². The molecular weight excluding hydrogens is 190 g/mol. The summed E-state index contributed by atoms with van der Waals surface area (Å²) in [5, 5.41) is 7.75. The number of hydrogen-bond donors (Lipinski definition) is 2. The number of likely N-dealkylation sites (N-methyl/N-ethyl adjacent to an activating group) is 1. The topological polar surface area (TPSA) is 59.1 Å². The summed E-state index contributed by atoms with van der Waals surface area (Å²) in [5.74, 6) is 0.952. The average molecular weight is 209 g/mol. The number of nitrogens with zero attached hydrogens (tertiary/aromatic N) is 3. The number of nitrogens with one attached hydrogen (secondary N) is 1. The minimum absolute atomic E-state index is 0.493. The maximum atomic E-state index is 5.96. The number of nitrogen functional groups attached to an aromatic ring is 1. The van der Waals surface area contributed by atoms with Crippen LogP contribution < -0.4 is 11.1 Å². The van der Waals surface area contributed by atoms with Gasteiger partial charge < -0.3 is 16.0 Å². The summed E-state index contributed by atoms with van der Waals surface area (Å²) in [5.41, 5.74) is 7.62. The third-order valence-electron chi connectivity index (χ3n) is 3.00. The highest BCUT2D eigenvalue weighted by molar-refractivity contribution is 5.65. The Bertz CT molecular complexity index is 357. The second-order valence-corrected chi connectivity index (χ2v) is 4.36. The van der Waals surface area contributed by atoms with Crippen LogP contribution in [0.4, 0.5) is 11.5 Å². The molecule has 5 heteroatoms. The van der Waals surface area contributed by atoms with E-state index < -0.39 is 0 Å². The lowest BCUT2D eigenvalue weighted by Gasteiger charge is -2.14.